The predicted molar refractivity (Wildman–Crippen MR) is 99.0 cm³/mol. The molecule has 136 valence electrons. The molecule has 0 spiro atoms. The van der Waals surface area contributed by atoms with Crippen molar-refractivity contribution >= 4 is 29.1 Å². The van der Waals surface area contributed by atoms with Gasteiger partial charge in [0, 0.05) is 26.1 Å². The Morgan fingerprint density at radius 1 is 1.38 bits per heavy atom. The highest BCUT2D eigenvalue weighted by Gasteiger charge is 2.25. The molecule has 1 aliphatic carbocycles. The van der Waals surface area contributed by atoms with Crippen LogP contribution in [0.2, 0.25) is 5.02 Å². The highest BCUT2D eigenvalue weighted by molar-refractivity contribution is 6.33. The van der Waals surface area contributed by atoms with Crippen LogP contribution >= 0.6 is 11.6 Å². The minimum Gasteiger partial charge on any atom is -0.366 e. The maximum absolute atomic E-state index is 14.1. The van der Waals surface area contributed by atoms with E-state index in [0.29, 0.717) is 17.3 Å². The Morgan fingerprint density at radius 2 is 2.19 bits per heavy atom. The van der Waals surface area contributed by atoms with Gasteiger partial charge in [-0.3, -0.25) is 9.89 Å². The van der Waals surface area contributed by atoms with E-state index in [1.54, 1.807) is 6.07 Å². The summed E-state index contributed by atoms with van der Waals surface area (Å²) in [6.45, 7) is 0. The molecule has 3 aromatic rings. The number of aromatic nitrogens is 4. The summed E-state index contributed by atoms with van der Waals surface area (Å²) in [7, 11) is 0. The quantitative estimate of drug-likeness (QED) is 0.626. The van der Waals surface area contributed by atoms with Crippen LogP contribution in [0.1, 0.15) is 37.7 Å². The van der Waals surface area contributed by atoms with Gasteiger partial charge in [-0.05, 0) is 31.0 Å². The van der Waals surface area contributed by atoms with E-state index in [2.05, 4.69) is 25.5 Å². The SMILES string of the molecule is NC(=O)c1cc(-c2ncc(F)c(Nc3cc(C4CC4)[nH]n3)n2)ccc1Cl.[HH].[HH]. The van der Waals surface area contributed by atoms with Gasteiger partial charge in [-0.25, -0.2) is 14.4 Å². The zero-order valence-electron chi connectivity index (χ0n) is 13.5. The zero-order valence-corrected chi connectivity index (χ0v) is 14.2. The van der Waals surface area contributed by atoms with Gasteiger partial charge < -0.3 is 11.1 Å². The molecule has 1 aliphatic rings. The zero-order chi connectivity index (χ0) is 18.3. The molecule has 4 N–H and O–H groups in total. The summed E-state index contributed by atoms with van der Waals surface area (Å²) in [5.41, 5.74) is 6.96. The number of carbonyl (C=O) groups is 1. The fourth-order valence-electron chi connectivity index (χ4n) is 2.57. The third-order valence-corrected chi connectivity index (χ3v) is 4.43. The summed E-state index contributed by atoms with van der Waals surface area (Å²) in [5.74, 6) is -0.0878. The van der Waals surface area contributed by atoms with Crippen molar-refractivity contribution in [2.45, 2.75) is 18.8 Å². The van der Waals surface area contributed by atoms with Crippen LogP contribution in [0.15, 0.2) is 30.5 Å². The Balaban J connectivity index is 0.00000140. The van der Waals surface area contributed by atoms with Gasteiger partial charge in [0.25, 0.3) is 0 Å². The number of rotatable bonds is 5. The Kier molecular flexibility index (Phi) is 4.04. The lowest BCUT2D eigenvalue weighted by atomic mass is 10.1. The molecule has 4 rings (SSSR count). The summed E-state index contributed by atoms with van der Waals surface area (Å²) < 4.78 is 14.1. The number of anilines is 2. The molecule has 9 heteroatoms. The number of nitrogens with one attached hydrogen (secondary N) is 2. The third kappa shape index (κ3) is 3.23. The van der Waals surface area contributed by atoms with Crippen molar-refractivity contribution in [3.63, 3.8) is 0 Å². The van der Waals surface area contributed by atoms with Gasteiger partial charge in [0.05, 0.1) is 16.8 Å². The molecule has 0 unspecified atom stereocenters. The Hall–Kier alpha value is -3.00. The van der Waals surface area contributed by atoms with Crippen LogP contribution in [0, 0.1) is 5.82 Å². The van der Waals surface area contributed by atoms with Crippen molar-refractivity contribution in [1.29, 1.82) is 0 Å². The lowest BCUT2D eigenvalue weighted by molar-refractivity contribution is 0.100. The number of nitrogens with zero attached hydrogens (tertiary/aromatic N) is 3. The maximum Gasteiger partial charge on any atom is 0.250 e. The Bertz CT molecular complexity index is 1010. The molecule has 26 heavy (non-hydrogen) atoms. The largest absolute Gasteiger partial charge is 0.366 e. The lowest BCUT2D eigenvalue weighted by Crippen LogP contribution is -2.11. The molecule has 2 heterocycles. The van der Waals surface area contributed by atoms with Crippen LogP contribution in [0.3, 0.4) is 0 Å². The second-order valence-corrected chi connectivity index (χ2v) is 6.46. The number of benzene rings is 1. The summed E-state index contributed by atoms with van der Waals surface area (Å²) in [6, 6.07) is 6.46. The number of hydrogen-bond acceptors (Lipinski definition) is 5. The molecule has 0 saturated heterocycles. The molecule has 7 nitrogen and oxygen atoms in total. The number of aromatic amines is 1. The molecule has 1 saturated carbocycles. The molecule has 2 aromatic heterocycles. The van der Waals surface area contributed by atoms with E-state index >= 15 is 0 Å². The van der Waals surface area contributed by atoms with Gasteiger partial charge in [-0.1, -0.05) is 11.6 Å². The van der Waals surface area contributed by atoms with E-state index in [-0.39, 0.29) is 25.1 Å². The molecule has 1 fully saturated rings. The molecule has 1 aromatic carbocycles. The summed E-state index contributed by atoms with van der Waals surface area (Å²) in [5, 5.41) is 10.1. The van der Waals surface area contributed by atoms with Crippen molar-refractivity contribution in [2.75, 3.05) is 5.32 Å². The summed E-state index contributed by atoms with van der Waals surface area (Å²) in [4.78, 5) is 19.6. The van der Waals surface area contributed by atoms with Gasteiger partial charge in [0.1, 0.15) is 0 Å². The van der Waals surface area contributed by atoms with Crippen LogP contribution in [0.4, 0.5) is 16.0 Å². The molecular weight excluding hydrogens is 359 g/mol. The highest BCUT2D eigenvalue weighted by atomic mass is 35.5. The van der Waals surface area contributed by atoms with Gasteiger partial charge >= 0.3 is 0 Å². The highest BCUT2D eigenvalue weighted by Crippen LogP contribution is 2.39. The topological polar surface area (TPSA) is 110 Å². The van der Waals surface area contributed by atoms with E-state index in [9.17, 15) is 9.18 Å². The second-order valence-electron chi connectivity index (χ2n) is 6.06. The molecule has 0 radical (unpaired) electrons. The average molecular weight is 377 g/mol. The minimum atomic E-state index is -0.665. The summed E-state index contributed by atoms with van der Waals surface area (Å²) in [6.07, 6.45) is 3.32. The Morgan fingerprint density at radius 3 is 2.92 bits per heavy atom. The molecule has 0 bridgehead atoms. The van der Waals surface area contributed by atoms with E-state index in [0.717, 1.165) is 24.7 Å². The van der Waals surface area contributed by atoms with Gasteiger partial charge in [0.15, 0.2) is 23.3 Å². The van der Waals surface area contributed by atoms with E-state index < -0.39 is 11.7 Å². The number of carbonyl (C=O) groups excluding carboxylic acids is 1. The predicted octanol–water partition coefficient (Wildman–Crippen LogP) is 3.87. The fourth-order valence-corrected chi connectivity index (χ4v) is 2.78. The Labute approximate surface area is 155 Å². The first-order valence-electron chi connectivity index (χ1n) is 7.96. The van der Waals surface area contributed by atoms with Crippen molar-refractivity contribution < 1.29 is 12.0 Å². The van der Waals surface area contributed by atoms with Crippen molar-refractivity contribution in [1.82, 2.24) is 20.2 Å². The molecular formula is C17H18ClFN6O. The van der Waals surface area contributed by atoms with Crippen LogP contribution in [0.5, 0.6) is 0 Å². The standard InChI is InChI=1S/C17H14ClFN6O.2H2/c18-11-4-3-9(5-10(11)15(20)26)16-21-7-12(19)17(23-16)22-14-6-13(24-25-14)8-1-2-8;;/h3-8H,1-2H2,(H2,20,26)(H2,21,22,23,24,25);2*1H. The number of nitrogens with two attached hydrogens (primary N) is 1. The van der Waals surface area contributed by atoms with Crippen LogP contribution < -0.4 is 11.1 Å². The molecule has 1 amide bonds. The van der Waals surface area contributed by atoms with Gasteiger partial charge in [-0.2, -0.15) is 5.10 Å². The van der Waals surface area contributed by atoms with Crippen molar-refractivity contribution in [2.24, 2.45) is 5.73 Å². The van der Waals surface area contributed by atoms with Crippen molar-refractivity contribution in [3.8, 4) is 11.4 Å². The second kappa shape index (κ2) is 6.38. The van der Waals surface area contributed by atoms with Gasteiger partial charge in [0.2, 0.25) is 5.91 Å². The number of hydrogen-bond donors (Lipinski definition) is 3. The average Bonchev–Trinajstić information content (AvgIpc) is 3.37. The third-order valence-electron chi connectivity index (χ3n) is 4.10. The first-order valence-corrected chi connectivity index (χ1v) is 8.33. The number of amides is 1. The van der Waals surface area contributed by atoms with Crippen LogP contribution in [-0.4, -0.2) is 26.1 Å². The lowest BCUT2D eigenvalue weighted by Gasteiger charge is -2.07. The first-order chi connectivity index (χ1) is 12.5. The molecule has 0 aliphatic heterocycles. The van der Waals surface area contributed by atoms with E-state index in [4.69, 9.17) is 17.3 Å². The van der Waals surface area contributed by atoms with E-state index in [1.807, 2.05) is 6.07 Å². The maximum atomic E-state index is 14.1. The van der Waals surface area contributed by atoms with Crippen LogP contribution in [-0.2, 0) is 0 Å². The number of halogens is 2. The van der Waals surface area contributed by atoms with Crippen molar-refractivity contribution in [3.05, 3.63) is 52.6 Å². The number of primary amides is 1. The monoisotopic (exact) mass is 376 g/mol. The normalized spacial score (nSPS) is 13.6. The smallest absolute Gasteiger partial charge is 0.250 e. The van der Waals surface area contributed by atoms with Gasteiger partial charge in [-0.15, -0.1) is 0 Å². The minimum absolute atomic E-state index is 0. The number of H-pyrrole nitrogens is 1. The molecule has 0 atom stereocenters. The fraction of sp³-hybridized carbons (Fsp3) is 0.176. The van der Waals surface area contributed by atoms with Crippen LogP contribution in [0.25, 0.3) is 11.4 Å². The summed E-state index contributed by atoms with van der Waals surface area (Å²) >= 11 is 5.95. The van der Waals surface area contributed by atoms with E-state index in [1.165, 1.54) is 12.1 Å². The first kappa shape index (κ1) is 16.5.